The molecule has 0 bridgehead atoms. The standard InChI is InChI=1S/C21H29F3N2/c1-19(2,3)20(12-13-25)10-8-18(9-11-20)26-15-17-7-5-4-6-16(17)14-21(22,23)24/h4-7,18,26H,8-12,14-15H2,1-3H3/t18-,20-. The van der Waals surface area contributed by atoms with Crippen LogP contribution < -0.4 is 5.32 Å². The van der Waals surface area contributed by atoms with Crippen LogP contribution in [0.1, 0.15) is 64.0 Å². The molecule has 5 heteroatoms. The fourth-order valence-corrected chi connectivity index (χ4v) is 4.09. The van der Waals surface area contributed by atoms with Gasteiger partial charge in [0.2, 0.25) is 0 Å². The van der Waals surface area contributed by atoms with Gasteiger partial charge in [0.05, 0.1) is 12.5 Å². The molecule has 0 aliphatic heterocycles. The molecule has 2 rings (SSSR count). The van der Waals surface area contributed by atoms with E-state index in [9.17, 15) is 18.4 Å². The molecule has 0 amide bonds. The van der Waals surface area contributed by atoms with Gasteiger partial charge in [-0.15, -0.1) is 0 Å². The van der Waals surface area contributed by atoms with E-state index in [1.807, 2.05) is 0 Å². The first kappa shape index (κ1) is 20.8. The Balaban J connectivity index is 1.96. The summed E-state index contributed by atoms with van der Waals surface area (Å²) in [5.41, 5.74) is 1.17. The Kier molecular flexibility index (Phi) is 6.39. The van der Waals surface area contributed by atoms with E-state index in [1.165, 1.54) is 0 Å². The molecule has 0 spiro atoms. The number of alkyl halides is 3. The minimum atomic E-state index is -4.19. The molecule has 26 heavy (non-hydrogen) atoms. The van der Waals surface area contributed by atoms with E-state index in [2.05, 4.69) is 32.2 Å². The predicted octanol–water partition coefficient (Wildman–Crippen LogP) is 5.77. The summed E-state index contributed by atoms with van der Waals surface area (Å²) in [5, 5.41) is 12.7. The average molecular weight is 366 g/mol. The number of halogens is 3. The normalized spacial score (nSPS) is 24.3. The highest BCUT2D eigenvalue weighted by Crippen LogP contribution is 2.51. The van der Waals surface area contributed by atoms with Crippen molar-refractivity contribution in [3.05, 3.63) is 35.4 Å². The van der Waals surface area contributed by atoms with E-state index in [-0.39, 0.29) is 10.8 Å². The van der Waals surface area contributed by atoms with Crippen LogP contribution in [0.4, 0.5) is 13.2 Å². The summed E-state index contributed by atoms with van der Waals surface area (Å²) in [4.78, 5) is 0. The van der Waals surface area contributed by atoms with Gasteiger partial charge in [-0.25, -0.2) is 0 Å². The lowest BCUT2D eigenvalue weighted by atomic mass is 9.57. The molecule has 0 saturated heterocycles. The Morgan fingerprint density at radius 2 is 1.69 bits per heavy atom. The molecule has 1 fully saturated rings. The van der Waals surface area contributed by atoms with Gasteiger partial charge in [-0.05, 0) is 47.6 Å². The number of nitrogens with zero attached hydrogens (tertiary/aromatic N) is 1. The van der Waals surface area contributed by atoms with E-state index in [0.29, 0.717) is 24.6 Å². The van der Waals surface area contributed by atoms with Crippen molar-refractivity contribution in [2.45, 2.75) is 78.1 Å². The molecular formula is C21H29F3N2. The summed E-state index contributed by atoms with van der Waals surface area (Å²) in [5.74, 6) is 0. The minimum Gasteiger partial charge on any atom is -0.310 e. The van der Waals surface area contributed by atoms with Gasteiger partial charge in [-0.1, -0.05) is 45.0 Å². The fraction of sp³-hybridized carbons (Fsp3) is 0.667. The third kappa shape index (κ3) is 5.23. The van der Waals surface area contributed by atoms with Gasteiger partial charge in [0.15, 0.2) is 0 Å². The summed E-state index contributed by atoms with van der Waals surface area (Å²) in [6, 6.07) is 9.43. The molecule has 1 aliphatic carbocycles. The number of benzene rings is 1. The van der Waals surface area contributed by atoms with Gasteiger partial charge in [-0.2, -0.15) is 18.4 Å². The van der Waals surface area contributed by atoms with Gasteiger partial charge in [0.25, 0.3) is 0 Å². The number of nitrogens with one attached hydrogen (secondary N) is 1. The van der Waals surface area contributed by atoms with Crippen molar-refractivity contribution < 1.29 is 13.2 Å². The molecule has 1 aromatic rings. The molecule has 0 atom stereocenters. The highest BCUT2D eigenvalue weighted by molar-refractivity contribution is 5.27. The lowest BCUT2D eigenvalue weighted by Crippen LogP contribution is -2.43. The molecule has 0 unspecified atom stereocenters. The molecule has 1 aromatic carbocycles. The van der Waals surface area contributed by atoms with Crippen molar-refractivity contribution in [3.8, 4) is 6.07 Å². The summed E-state index contributed by atoms with van der Waals surface area (Å²) in [7, 11) is 0. The van der Waals surface area contributed by atoms with Crippen molar-refractivity contribution in [2.24, 2.45) is 10.8 Å². The minimum absolute atomic E-state index is 0.0358. The second-order valence-electron chi connectivity index (χ2n) is 8.58. The second-order valence-corrected chi connectivity index (χ2v) is 8.58. The number of hydrogen-bond donors (Lipinski definition) is 1. The molecule has 0 heterocycles. The predicted molar refractivity (Wildman–Crippen MR) is 97.4 cm³/mol. The van der Waals surface area contributed by atoms with Crippen molar-refractivity contribution in [2.75, 3.05) is 0 Å². The molecule has 2 nitrogen and oxygen atoms in total. The van der Waals surface area contributed by atoms with Crippen LogP contribution in [0.3, 0.4) is 0 Å². The smallest absolute Gasteiger partial charge is 0.310 e. The molecule has 0 radical (unpaired) electrons. The largest absolute Gasteiger partial charge is 0.393 e. The average Bonchev–Trinajstić information content (AvgIpc) is 2.53. The first-order valence-corrected chi connectivity index (χ1v) is 9.30. The monoisotopic (exact) mass is 366 g/mol. The first-order chi connectivity index (χ1) is 12.1. The number of hydrogen-bond acceptors (Lipinski definition) is 2. The Labute approximate surface area is 154 Å². The Morgan fingerprint density at radius 3 is 2.19 bits per heavy atom. The van der Waals surface area contributed by atoms with Gasteiger partial charge in [0, 0.05) is 19.0 Å². The van der Waals surface area contributed by atoms with Crippen LogP contribution in [0.15, 0.2) is 24.3 Å². The molecule has 1 aliphatic rings. The maximum atomic E-state index is 12.7. The second kappa shape index (κ2) is 8.00. The third-order valence-corrected chi connectivity index (χ3v) is 6.04. The summed E-state index contributed by atoms with van der Waals surface area (Å²) >= 11 is 0. The van der Waals surface area contributed by atoms with Crippen LogP contribution in [-0.2, 0) is 13.0 Å². The Morgan fingerprint density at radius 1 is 1.12 bits per heavy atom. The fourth-order valence-electron chi connectivity index (χ4n) is 4.09. The first-order valence-electron chi connectivity index (χ1n) is 9.30. The Hall–Kier alpha value is -1.54. The Bertz CT molecular complexity index is 630. The van der Waals surface area contributed by atoms with Crippen molar-refractivity contribution in [1.29, 1.82) is 5.26 Å². The zero-order chi connectivity index (χ0) is 19.4. The molecule has 1 saturated carbocycles. The van der Waals surface area contributed by atoms with Crippen molar-refractivity contribution in [1.82, 2.24) is 5.32 Å². The van der Waals surface area contributed by atoms with Gasteiger partial charge in [0.1, 0.15) is 0 Å². The topological polar surface area (TPSA) is 35.8 Å². The maximum absolute atomic E-state index is 12.7. The zero-order valence-electron chi connectivity index (χ0n) is 15.9. The van der Waals surface area contributed by atoms with Crippen LogP contribution in [0.25, 0.3) is 0 Å². The van der Waals surface area contributed by atoms with E-state index in [0.717, 1.165) is 31.2 Å². The van der Waals surface area contributed by atoms with E-state index in [1.54, 1.807) is 24.3 Å². The van der Waals surface area contributed by atoms with Crippen LogP contribution in [-0.4, -0.2) is 12.2 Å². The highest BCUT2D eigenvalue weighted by Gasteiger charge is 2.44. The quantitative estimate of drug-likeness (QED) is 0.718. The SMILES string of the molecule is CC(C)(C)[C@]1(CC#N)CC[C@@H](NCc2ccccc2CC(F)(F)F)CC1. The molecular weight excluding hydrogens is 337 g/mol. The van der Waals surface area contributed by atoms with Crippen LogP contribution in [0, 0.1) is 22.2 Å². The van der Waals surface area contributed by atoms with E-state index < -0.39 is 12.6 Å². The van der Waals surface area contributed by atoms with Gasteiger partial charge < -0.3 is 5.32 Å². The summed E-state index contributed by atoms with van der Waals surface area (Å²) < 4.78 is 38.2. The van der Waals surface area contributed by atoms with Gasteiger partial charge in [-0.3, -0.25) is 0 Å². The molecule has 144 valence electrons. The lowest BCUT2D eigenvalue weighted by Gasteiger charge is -2.48. The summed E-state index contributed by atoms with van der Waals surface area (Å²) in [6.45, 7) is 7.06. The summed E-state index contributed by atoms with van der Waals surface area (Å²) in [6.07, 6.45) is -0.633. The zero-order valence-corrected chi connectivity index (χ0v) is 15.9. The van der Waals surface area contributed by atoms with Crippen molar-refractivity contribution in [3.63, 3.8) is 0 Å². The van der Waals surface area contributed by atoms with Crippen LogP contribution in [0.2, 0.25) is 0 Å². The lowest BCUT2D eigenvalue weighted by molar-refractivity contribution is -0.127. The van der Waals surface area contributed by atoms with E-state index >= 15 is 0 Å². The highest BCUT2D eigenvalue weighted by atomic mass is 19.4. The van der Waals surface area contributed by atoms with Gasteiger partial charge >= 0.3 is 6.18 Å². The number of rotatable bonds is 5. The van der Waals surface area contributed by atoms with E-state index in [4.69, 9.17) is 0 Å². The van der Waals surface area contributed by atoms with Crippen LogP contribution in [0.5, 0.6) is 0 Å². The molecule has 0 aromatic heterocycles. The maximum Gasteiger partial charge on any atom is 0.393 e. The third-order valence-electron chi connectivity index (χ3n) is 6.04. The number of nitriles is 1. The molecule has 1 N–H and O–H groups in total. The van der Waals surface area contributed by atoms with Crippen LogP contribution >= 0.6 is 0 Å². The van der Waals surface area contributed by atoms with Crippen molar-refractivity contribution >= 4 is 0 Å².